The fourth-order valence-electron chi connectivity index (χ4n) is 3.04. The zero-order valence-electron chi connectivity index (χ0n) is 15.0. The Labute approximate surface area is 144 Å². The molecule has 5 nitrogen and oxygen atoms in total. The van der Waals surface area contributed by atoms with E-state index in [1.54, 1.807) is 0 Å². The molecule has 0 aliphatic carbocycles. The van der Waals surface area contributed by atoms with Gasteiger partial charge < -0.3 is 9.64 Å². The fraction of sp³-hybridized carbons (Fsp3) is 0.474. The van der Waals surface area contributed by atoms with Crippen LogP contribution >= 0.6 is 0 Å². The number of nitrogens with zero attached hydrogens (tertiary/aromatic N) is 4. The molecular formula is C19H26N4O. The molecule has 1 aliphatic rings. The molecule has 1 unspecified atom stereocenters. The quantitative estimate of drug-likeness (QED) is 0.864. The Morgan fingerprint density at radius 2 is 2.00 bits per heavy atom. The predicted molar refractivity (Wildman–Crippen MR) is 96.2 cm³/mol. The SMILES string of the molecule is Cc1cccc(CN2CCOC(c3cc(N(C)C)cc(C)n3)C2)n1. The summed E-state index contributed by atoms with van der Waals surface area (Å²) in [6.45, 7) is 7.42. The Hall–Kier alpha value is -1.98. The van der Waals surface area contributed by atoms with Crippen LogP contribution in [0.1, 0.15) is 28.9 Å². The van der Waals surface area contributed by atoms with E-state index in [9.17, 15) is 0 Å². The van der Waals surface area contributed by atoms with Crippen molar-refractivity contribution in [3.63, 3.8) is 0 Å². The first-order chi connectivity index (χ1) is 11.5. The van der Waals surface area contributed by atoms with Crippen molar-refractivity contribution in [3.05, 3.63) is 53.1 Å². The van der Waals surface area contributed by atoms with Crippen molar-refractivity contribution < 1.29 is 4.74 Å². The highest BCUT2D eigenvalue weighted by Crippen LogP contribution is 2.25. The minimum atomic E-state index is 0.0159. The fourth-order valence-corrected chi connectivity index (χ4v) is 3.04. The Bertz CT molecular complexity index is 702. The van der Waals surface area contributed by atoms with Gasteiger partial charge in [0.05, 0.1) is 18.0 Å². The lowest BCUT2D eigenvalue weighted by Crippen LogP contribution is -2.38. The van der Waals surface area contributed by atoms with E-state index in [0.29, 0.717) is 0 Å². The van der Waals surface area contributed by atoms with Gasteiger partial charge >= 0.3 is 0 Å². The van der Waals surface area contributed by atoms with Gasteiger partial charge in [0.1, 0.15) is 6.10 Å². The van der Waals surface area contributed by atoms with Crippen LogP contribution in [0.3, 0.4) is 0 Å². The van der Waals surface area contributed by atoms with Gasteiger partial charge in [-0.25, -0.2) is 0 Å². The van der Waals surface area contributed by atoms with Crippen molar-refractivity contribution in [1.82, 2.24) is 14.9 Å². The van der Waals surface area contributed by atoms with Gasteiger partial charge in [-0.1, -0.05) is 6.07 Å². The van der Waals surface area contributed by atoms with E-state index in [4.69, 9.17) is 9.72 Å². The van der Waals surface area contributed by atoms with Gasteiger partial charge in [-0.05, 0) is 38.1 Å². The molecule has 0 aromatic carbocycles. The monoisotopic (exact) mass is 326 g/mol. The lowest BCUT2D eigenvalue weighted by Gasteiger charge is -2.32. The second-order valence-electron chi connectivity index (χ2n) is 6.65. The van der Waals surface area contributed by atoms with Gasteiger partial charge in [-0.2, -0.15) is 0 Å². The summed E-state index contributed by atoms with van der Waals surface area (Å²) >= 11 is 0. The lowest BCUT2D eigenvalue weighted by molar-refractivity contribution is -0.0353. The van der Waals surface area contributed by atoms with Crippen LogP contribution in [0.15, 0.2) is 30.3 Å². The molecule has 1 atom stereocenters. The van der Waals surface area contributed by atoms with Gasteiger partial charge in [-0.15, -0.1) is 0 Å². The molecule has 2 aromatic heterocycles. The highest BCUT2D eigenvalue weighted by molar-refractivity contribution is 5.47. The number of anilines is 1. The van der Waals surface area contributed by atoms with Crippen LogP contribution in [-0.2, 0) is 11.3 Å². The summed E-state index contributed by atoms with van der Waals surface area (Å²) in [5.74, 6) is 0. The van der Waals surface area contributed by atoms with Crippen molar-refractivity contribution >= 4 is 5.69 Å². The zero-order valence-corrected chi connectivity index (χ0v) is 15.0. The highest BCUT2D eigenvalue weighted by Gasteiger charge is 2.24. The summed E-state index contributed by atoms with van der Waals surface area (Å²) in [4.78, 5) is 13.8. The lowest BCUT2D eigenvalue weighted by atomic mass is 10.1. The van der Waals surface area contributed by atoms with Crippen LogP contribution in [0.5, 0.6) is 0 Å². The van der Waals surface area contributed by atoms with Crippen molar-refractivity contribution in [1.29, 1.82) is 0 Å². The number of hydrogen-bond donors (Lipinski definition) is 0. The minimum absolute atomic E-state index is 0.0159. The van der Waals surface area contributed by atoms with Crippen molar-refractivity contribution in [3.8, 4) is 0 Å². The molecule has 3 rings (SSSR count). The first-order valence-electron chi connectivity index (χ1n) is 8.43. The van der Waals surface area contributed by atoms with Crippen LogP contribution in [0, 0.1) is 13.8 Å². The molecule has 1 aliphatic heterocycles. The van der Waals surface area contributed by atoms with Gasteiger partial charge in [0.15, 0.2) is 0 Å². The maximum atomic E-state index is 6.00. The average molecular weight is 326 g/mol. The van der Waals surface area contributed by atoms with Crippen molar-refractivity contribution in [2.24, 2.45) is 0 Å². The number of aromatic nitrogens is 2. The van der Waals surface area contributed by atoms with Gasteiger partial charge in [0, 0.05) is 50.8 Å². The molecule has 0 amide bonds. The highest BCUT2D eigenvalue weighted by atomic mass is 16.5. The second kappa shape index (κ2) is 7.28. The molecule has 0 radical (unpaired) electrons. The summed E-state index contributed by atoms with van der Waals surface area (Å²) in [6, 6.07) is 10.4. The smallest absolute Gasteiger partial charge is 0.112 e. The van der Waals surface area contributed by atoms with Crippen LogP contribution in [0.2, 0.25) is 0 Å². The third-order valence-electron chi connectivity index (χ3n) is 4.29. The number of morpholine rings is 1. The van der Waals surface area contributed by atoms with Crippen LogP contribution < -0.4 is 4.90 Å². The Morgan fingerprint density at radius 3 is 2.75 bits per heavy atom. The van der Waals surface area contributed by atoms with E-state index in [1.807, 2.05) is 19.9 Å². The summed E-state index contributed by atoms with van der Waals surface area (Å²) in [5.41, 5.74) is 5.38. The van der Waals surface area contributed by atoms with Gasteiger partial charge in [-0.3, -0.25) is 14.9 Å². The molecule has 3 heterocycles. The minimum Gasteiger partial charge on any atom is -0.378 e. The summed E-state index contributed by atoms with van der Waals surface area (Å²) in [6.07, 6.45) is 0.0159. The predicted octanol–water partition coefficient (Wildman–Crippen LogP) is 2.73. The number of rotatable bonds is 4. The Kier molecular flexibility index (Phi) is 5.11. The topological polar surface area (TPSA) is 41.5 Å². The Balaban J connectivity index is 1.73. The van der Waals surface area contributed by atoms with Crippen LogP contribution in [0.4, 0.5) is 5.69 Å². The van der Waals surface area contributed by atoms with E-state index in [2.05, 4.69) is 53.1 Å². The maximum Gasteiger partial charge on any atom is 0.112 e. The third-order valence-corrected chi connectivity index (χ3v) is 4.29. The van der Waals surface area contributed by atoms with E-state index in [1.165, 1.54) is 5.69 Å². The first-order valence-corrected chi connectivity index (χ1v) is 8.43. The standard InChI is InChI=1S/C19H26N4O/c1-14-6-5-7-16(20-14)12-23-8-9-24-19(13-23)18-11-17(22(3)4)10-15(2)21-18/h5-7,10-11,19H,8-9,12-13H2,1-4H3. The number of aryl methyl sites for hydroxylation is 2. The molecular weight excluding hydrogens is 300 g/mol. The zero-order chi connectivity index (χ0) is 17.1. The summed E-state index contributed by atoms with van der Waals surface area (Å²) in [7, 11) is 4.10. The van der Waals surface area contributed by atoms with Gasteiger partial charge in [0.25, 0.3) is 0 Å². The van der Waals surface area contributed by atoms with Crippen molar-refractivity contribution in [2.75, 3.05) is 38.7 Å². The molecule has 0 bridgehead atoms. The molecule has 0 spiro atoms. The van der Waals surface area contributed by atoms with E-state index < -0.39 is 0 Å². The molecule has 1 saturated heterocycles. The third kappa shape index (κ3) is 4.10. The normalized spacial score (nSPS) is 18.6. The van der Waals surface area contributed by atoms with E-state index >= 15 is 0 Å². The molecule has 24 heavy (non-hydrogen) atoms. The molecule has 5 heteroatoms. The average Bonchev–Trinajstić information content (AvgIpc) is 2.54. The van der Waals surface area contributed by atoms with Gasteiger partial charge in [0.2, 0.25) is 0 Å². The molecule has 128 valence electrons. The number of ether oxygens (including phenoxy) is 1. The summed E-state index contributed by atoms with van der Waals surface area (Å²) in [5, 5.41) is 0. The Morgan fingerprint density at radius 1 is 1.17 bits per heavy atom. The number of hydrogen-bond acceptors (Lipinski definition) is 5. The first kappa shape index (κ1) is 16.9. The van der Waals surface area contributed by atoms with Crippen molar-refractivity contribution in [2.45, 2.75) is 26.5 Å². The molecule has 1 fully saturated rings. The number of pyridine rings is 2. The van der Waals surface area contributed by atoms with Crippen LogP contribution in [0.25, 0.3) is 0 Å². The second-order valence-corrected chi connectivity index (χ2v) is 6.65. The van der Waals surface area contributed by atoms with E-state index in [-0.39, 0.29) is 6.10 Å². The molecule has 0 saturated carbocycles. The maximum absolute atomic E-state index is 6.00. The molecule has 2 aromatic rings. The molecule has 0 N–H and O–H groups in total. The van der Waals surface area contributed by atoms with Crippen LogP contribution in [-0.4, -0.2) is 48.7 Å². The summed E-state index contributed by atoms with van der Waals surface area (Å²) < 4.78 is 6.00. The van der Waals surface area contributed by atoms with E-state index in [0.717, 1.165) is 49.0 Å². The largest absolute Gasteiger partial charge is 0.378 e.